The summed E-state index contributed by atoms with van der Waals surface area (Å²) in [5.74, 6) is 1.41. The van der Waals surface area contributed by atoms with Gasteiger partial charge in [-0.15, -0.1) is 11.6 Å². The van der Waals surface area contributed by atoms with Gasteiger partial charge in [0, 0.05) is 32.1 Å². The molecule has 1 rings (SSSR count). The van der Waals surface area contributed by atoms with E-state index in [4.69, 9.17) is 16.3 Å². The standard InChI is InChI=1S/C11H20ClNO2/c12-6-2-1-3-11(14)13-9-10-4-7-15-8-5-10/h10H,1-9H2,(H,13,14). The Bertz CT molecular complexity index is 181. The maximum atomic E-state index is 11.4. The minimum Gasteiger partial charge on any atom is -0.381 e. The van der Waals surface area contributed by atoms with Crippen LogP contribution in [0.3, 0.4) is 0 Å². The molecule has 1 fully saturated rings. The van der Waals surface area contributed by atoms with Crippen LogP contribution in [0.2, 0.25) is 0 Å². The number of hydrogen-bond acceptors (Lipinski definition) is 2. The molecule has 0 aliphatic carbocycles. The van der Waals surface area contributed by atoms with Gasteiger partial charge < -0.3 is 10.1 Å². The number of nitrogens with one attached hydrogen (secondary N) is 1. The molecule has 15 heavy (non-hydrogen) atoms. The topological polar surface area (TPSA) is 38.3 Å². The van der Waals surface area contributed by atoms with Gasteiger partial charge in [0.15, 0.2) is 0 Å². The Morgan fingerprint density at radius 2 is 2.07 bits per heavy atom. The first-order chi connectivity index (χ1) is 7.33. The predicted molar refractivity (Wildman–Crippen MR) is 61.1 cm³/mol. The largest absolute Gasteiger partial charge is 0.381 e. The number of alkyl halides is 1. The van der Waals surface area contributed by atoms with E-state index in [1.807, 2.05) is 0 Å². The second-order valence-corrected chi connectivity index (χ2v) is 4.38. The van der Waals surface area contributed by atoms with E-state index in [-0.39, 0.29) is 5.91 Å². The van der Waals surface area contributed by atoms with Gasteiger partial charge in [0.05, 0.1) is 0 Å². The van der Waals surface area contributed by atoms with Gasteiger partial charge >= 0.3 is 0 Å². The smallest absolute Gasteiger partial charge is 0.220 e. The third-order valence-corrected chi connectivity index (χ3v) is 2.98. The molecule has 0 aromatic rings. The van der Waals surface area contributed by atoms with Crippen molar-refractivity contribution >= 4 is 17.5 Å². The minimum absolute atomic E-state index is 0.159. The van der Waals surface area contributed by atoms with E-state index < -0.39 is 0 Å². The lowest BCUT2D eigenvalue weighted by Gasteiger charge is -2.22. The third-order valence-electron chi connectivity index (χ3n) is 2.72. The molecule has 88 valence electrons. The van der Waals surface area contributed by atoms with Crippen molar-refractivity contribution in [1.82, 2.24) is 5.32 Å². The van der Waals surface area contributed by atoms with Crippen LogP contribution in [0.4, 0.5) is 0 Å². The van der Waals surface area contributed by atoms with Crippen molar-refractivity contribution in [3.8, 4) is 0 Å². The second kappa shape index (κ2) is 7.94. The first-order valence-electron chi connectivity index (χ1n) is 5.73. The fourth-order valence-electron chi connectivity index (χ4n) is 1.68. The van der Waals surface area contributed by atoms with Crippen LogP contribution in [0.25, 0.3) is 0 Å². The predicted octanol–water partition coefficient (Wildman–Crippen LogP) is 1.94. The summed E-state index contributed by atoms with van der Waals surface area (Å²) in [6.07, 6.45) is 4.56. The molecule has 1 saturated heterocycles. The molecule has 0 bridgehead atoms. The van der Waals surface area contributed by atoms with Crippen LogP contribution in [0.5, 0.6) is 0 Å². The monoisotopic (exact) mass is 233 g/mol. The molecule has 0 radical (unpaired) electrons. The fraction of sp³-hybridized carbons (Fsp3) is 0.909. The summed E-state index contributed by atoms with van der Waals surface area (Å²) < 4.78 is 5.26. The molecule has 1 aliphatic heterocycles. The summed E-state index contributed by atoms with van der Waals surface area (Å²) in [4.78, 5) is 11.4. The van der Waals surface area contributed by atoms with Gasteiger partial charge in [-0.2, -0.15) is 0 Å². The first kappa shape index (κ1) is 12.8. The zero-order chi connectivity index (χ0) is 10.9. The normalized spacial score (nSPS) is 17.7. The molecule has 0 aromatic carbocycles. The van der Waals surface area contributed by atoms with Crippen molar-refractivity contribution in [2.24, 2.45) is 5.92 Å². The SMILES string of the molecule is O=C(CCCCCl)NCC1CCOCC1. The number of ether oxygens (including phenoxy) is 1. The molecule has 0 spiro atoms. The van der Waals surface area contributed by atoms with Gasteiger partial charge in [0.2, 0.25) is 5.91 Å². The number of carbonyl (C=O) groups excluding carboxylic acids is 1. The van der Waals surface area contributed by atoms with Crippen molar-refractivity contribution in [2.75, 3.05) is 25.6 Å². The van der Waals surface area contributed by atoms with E-state index in [9.17, 15) is 4.79 Å². The quantitative estimate of drug-likeness (QED) is 0.563. The number of carbonyl (C=O) groups is 1. The lowest BCUT2D eigenvalue weighted by molar-refractivity contribution is -0.121. The molecular weight excluding hydrogens is 214 g/mol. The highest BCUT2D eigenvalue weighted by molar-refractivity contribution is 6.17. The molecule has 4 heteroatoms. The van der Waals surface area contributed by atoms with Crippen LogP contribution < -0.4 is 5.32 Å². The number of halogens is 1. The van der Waals surface area contributed by atoms with E-state index in [0.29, 0.717) is 18.2 Å². The van der Waals surface area contributed by atoms with E-state index in [1.54, 1.807) is 0 Å². The summed E-state index contributed by atoms with van der Waals surface area (Å²) in [6.45, 7) is 2.49. The highest BCUT2D eigenvalue weighted by Gasteiger charge is 2.14. The third kappa shape index (κ3) is 6.00. The van der Waals surface area contributed by atoms with Gasteiger partial charge in [0.1, 0.15) is 0 Å². The van der Waals surface area contributed by atoms with E-state index in [0.717, 1.165) is 45.4 Å². The van der Waals surface area contributed by atoms with Crippen LogP contribution in [0.1, 0.15) is 32.1 Å². The van der Waals surface area contributed by atoms with E-state index in [2.05, 4.69) is 5.32 Å². The molecule has 0 atom stereocenters. The molecule has 0 aromatic heterocycles. The van der Waals surface area contributed by atoms with Crippen LogP contribution >= 0.6 is 11.6 Å². The van der Waals surface area contributed by atoms with Crippen molar-refractivity contribution < 1.29 is 9.53 Å². The van der Waals surface area contributed by atoms with Crippen molar-refractivity contribution in [2.45, 2.75) is 32.1 Å². The molecule has 1 amide bonds. The summed E-state index contributed by atoms with van der Waals surface area (Å²) in [5.41, 5.74) is 0. The molecular formula is C11H20ClNO2. The number of hydrogen-bond donors (Lipinski definition) is 1. The minimum atomic E-state index is 0.159. The summed E-state index contributed by atoms with van der Waals surface area (Å²) in [7, 11) is 0. The Morgan fingerprint density at radius 3 is 2.73 bits per heavy atom. The van der Waals surface area contributed by atoms with Gasteiger partial charge in [-0.3, -0.25) is 4.79 Å². The molecule has 0 saturated carbocycles. The Labute approximate surface area is 96.5 Å². The van der Waals surface area contributed by atoms with Gasteiger partial charge in [-0.05, 0) is 31.6 Å². The molecule has 3 nitrogen and oxygen atoms in total. The van der Waals surface area contributed by atoms with Gasteiger partial charge in [0.25, 0.3) is 0 Å². The Morgan fingerprint density at radius 1 is 1.33 bits per heavy atom. The van der Waals surface area contributed by atoms with Crippen molar-refractivity contribution in [3.63, 3.8) is 0 Å². The van der Waals surface area contributed by atoms with Crippen LogP contribution in [-0.4, -0.2) is 31.5 Å². The lowest BCUT2D eigenvalue weighted by Crippen LogP contribution is -2.31. The summed E-state index contributed by atoms with van der Waals surface area (Å²) in [6, 6.07) is 0. The molecule has 0 unspecified atom stereocenters. The Balaban J connectivity index is 2.00. The average molecular weight is 234 g/mol. The molecule has 1 heterocycles. The van der Waals surface area contributed by atoms with E-state index >= 15 is 0 Å². The summed E-state index contributed by atoms with van der Waals surface area (Å²) >= 11 is 5.54. The maximum Gasteiger partial charge on any atom is 0.220 e. The molecule has 1 N–H and O–H groups in total. The van der Waals surface area contributed by atoms with Crippen molar-refractivity contribution in [1.29, 1.82) is 0 Å². The van der Waals surface area contributed by atoms with Gasteiger partial charge in [-0.25, -0.2) is 0 Å². The highest BCUT2D eigenvalue weighted by atomic mass is 35.5. The van der Waals surface area contributed by atoms with Crippen molar-refractivity contribution in [3.05, 3.63) is 0 Å². The van der Waals surface area contributed by atoms with Gasteiger partial charge in [-0.1, -0.05) is 0 Å². The second-order valence-electron chi connectivity index (χ2n) is 4.01. The zero-order valence-electron chi connectivity index (χ0n) is 9.14. The summed E-state index contributed by atoms with van der Waals surface area (Å²) in [5, 5.41) is 2.97. The fourth-order valence-corrected chi connectivity index (χ4v) is 1.87. The number of unbranched alkanes of at least 4 members (excludes halogenated alkanes) is 1. The van der Waals surface area contributed by atoms with Crippen LogP contribution in [-0.2, 0) is 9.53 Å². The molecule has 1 aliphatic rings. The Hall–Kier alpha value is -0.280. The zero-order valence-corrected chi connectivity index (χ0v) is 9.89. The van der Waals surface area contributed by atoms with Crippen LogP contribution in [0, 0.1) is 5.92 Å². The average Bonchev–Trinajstić information content (AvgIpc) is 2.28. The number of amides is 1. The first-order valence-corrected chi connectivity index (χ1v) is 6.27. The van der Waals surface area contributed by atoms with E-state index in [1.165, 1.54) is 0 Å². The number of rotatable bonds is 6. The Kier molecular flexibility index (Phi) is 6.77. The highest BCUT2D eigenvalue weighted by Crippen LogP contribution is 2.13. The lowest BCUT2D eigenvalue weighted by atomic mass is 10.0. The van der Waals surface area contributed by atoms with Crippen LogP contribution in [0.15, 0.2) is 0 Å². The maximum absolute atomic E-state index is 11.4.